The van der Waals surface area contributed by atoms with E-state index in [4.69, 9.17) is 4.74 Å². The summed E-state index contributed by atoms with van der Waals surface area (Å²) in [7, 11) is -3.49. The molecule has 0 saturated carbocycles. The molecular formula is C14H20N2O4S. The lowest BCUT2D eigenvalue weighted by molar-refractivity contribution is -0.120. The number of hydrogen-bond acceptors (Lipinski definition) is 4. The number of sulfonamides is 1. The van der Waals surface area contributed by atoms with Crippen LogP contribution in [0.4, 0.5) is 0 Å². The molecule has 0 aromatic heterocycles. The summed E-state index contributed by atoms with van der Waals surface area (Å²) in [5, 5.41) is 2.74. The molecule has 1 saturated heterocycles. The number of rotatable bonds is 5. The van der Waals surface area contributed by atoms with Crippen molar-refractivity contribution < 1.29 is 17.9 Å². The van der Waals surface area contributed by atoms with Crippen LogP contribution < -0.4 is 5.32 Å². The molecule has 6 nitrogen and oxygen atoms in total. The van der Waals surface area contributed by atoms with Gasteiger partial charge in [-0.05, 0) is 17.7 Å². The Balaban J connectivity index is 2.14. The molecule has 0 aliphatic carbocycles. The van der Waals surface area contributed by atoms with Crippen LogP contribution in [0, 0.1) is 0 Å². The Labute approximate surface area is 125 Å². The summed E-state index contributed by atoms with van der Waals surface area (Å²) < 4.78 is 31.6. The van der Waals surface area contributed by atoms with Crippen molar-refractivity contribution in [1.82, 2.24) is 9.62 Å². The van der Waals surface area contributed by atoms with Gasteiger partial charge in [-0.25, -0.2) is 8.42 Å². The minimum atomic E-state index is -3.49. The van der Waals surface area contributed by atoms with E-state index in [1.165, 1.54) is 4.31 Å². The van der Waals surface area contributed by atoms with E-state index in [0.29, 0.717) is 39.3 Å². The average molecular weight is 312 g/mol. The van der Waals surface area contributed by atoms with Gasteiger partial charge in [-0.1, -0.05) is 19.1 Å². The van der Waals surface area contributed by atoms with Crippen molar-refractivity contribution in [2.24, 2.45) is 0 Å². The van der Waals surface area contributed by atoms with Crippen molar-refractivity contribution in [3.05, 3.63) is 29.8 Å². The van der Waals surface area contributed by atoms with Crippen LogP contribution in [0.2, 0.25) is 0 Å². The van der Waals surface area contributed by atoms with Crippen LogP contribution in [0.15, 0.2) is 29.2 Å². The lowest BCUT2D eigenvalue weighted by Gasteiger charge is -2.26. The average Bonchev–Trinajstić information content (AvgIpc) is 2.53. The second kappa shape index (κ2) is 7.02. The van der Waals surface area contributed by atoms with Crippen molar-refractivity contribution in [3.8, 4) is 0 Å². The smallest absolute Gasteiger partial charge is 0.243 e. The van der Waals surface area contributed by atoms with Crippen molar-refractivity contribution >= 4 is 15.9 Å². The Hall–Kier alpha value is -1.44. The summed E-state index contributed by atoms with van der Waals surface area (Å²) in [5.74, 6) is -0.0589. The van der Waals surface area contributed by atoms with E-state index in [2.05, 4.69) is 5.32 Å². The number of nitrogens with one attached hydrogen (secondary N) is 1. The molecule has 1 fully saturated rings. The summed E-state index contributed by atoms with van der Waals surface area (Å²) in [4.78, 5) is 11.5. The third kappa shape index (κ3) is 4.03. The van der Waals surface area contributed by atoms with Crippen molar-refractivity contribution in [2.45, 2.75) is 24.8 Å². The molecule has 1 aromatic carbocycles. The number of nitrogens with zero attached hydrogens (tertiary/aromatic N) is 1. The van der Waals surface area contributed by atoms with Crippen LogP contribution in [-0.4, -0.2) is 44.9 Å². The molecule has 116 valence electrons. The molecule has 1 amide bonds. The summed E-state index contributed by atoms with van der Waals surface area (Å²) in [5.41, 5.74) is 0.770. The highest BCUT2D eigenvalue weighted by molar-refractivity contribution is 7.89. The quantitative estimate of drug-likeness (QED) is 0.870. The lowest BCUT2D eigenvalue weighted by atomic mass is 10.2. The maximum Gasteiger partial charge on any atom is 0.243 e. The van der Waals surface area contributed by atoms with Gasteiger partial charge in [0.2, 0.25) is 15.9 Å². The van der Waals surface area contributed by atoms with E-state index >= 15 is 0 Å². The van der Waals surface area contributed by atoms with Crippen molar-refractivity contribution in [1.29, 1.82) is 0 Å². The lowest BCUT2D eigenvalue weighted by Crippen LogP contribution is -2.40. The topological polar surface area (TPSA) is 75.7 Å². The van der Waals surface area contributed by atoms with Gasteiger partial charge in [0.05, 0.1) is 18.1 Å². The first-order chi connectivity index (χ1) is 10.0. The highest BCUT2D eigenvalue weighted by Gasteiger charge is 2.26. The summed E-state index contributed by atoms with van der Waals surface area (Å²) in [6, 6.07) is 6.69. The fourth-order valence-corrected chi connectivity index (χ4v) is 3.56. The minimum Gasteiger partial charge on any atom is -0.379 e. The van der Waals surface area contributed by atoms with Crippen LogP contribution >= 0.6 is 0 Å². The Morgan fingerprint density at radius 3 is 2.71 bits per heavy atom. The molecule has 0 atom stereocenters. The van der Waals surface area contributed by atoms with E-state index in [-0.39, 0.29) is 10.8 Å². The zero-order chi connectivity index (χ0) is 15.3. The Kier molecular flexibility index (Phi) is 5.33. The zero-order valence-electron chi connectivity index (χ0n) is 12.0. The SMILES string of the molecule is CCC(=O)NCc1cccc(S(=O)(=O)N2CCOCC2)c1. The first kappa shape index (κ1) is 15.9. The molecule has 0 spiro atoms. The van der Waals surface area contributed by atoms with Gasteiger partial charge in [0, 0.05) is 26.1 Å². The Morgan fingerprint density at radius 1 is 1.33 bits per heavy atom. The van der Waals surface area contributed by atoms with Gasteiger partial charge < -0.3 is 10.1 Å². The number of amides is 1. The van der Waals surface area contributed by atoms with E-state index in [9.17, 15) is 13.2 Å². The molecule has 1 aromatic rings. The Bertz CT molecular complexity index is 595. The fourth-order valence-electron chi connectivity index (χ4n) is 2.08. The number of morpholine rings is 1. The molecule has 1 aliphatic rings. The summed E-state index contributed by atoms with van der Waals surface area (Å²) >= 11 is 0. The number of carbonyl (C=O) groups is 1. The number of carbonyl (C=O) groups excluding carboxylic acids is 1. The molecule has 1 aliphatic heterocycles. The normalized spacial score (nSPS) is 16.6. The molecular weight excluding hydrogens is 292 g/mol. The molecule has 21 heavy (non-hydrogen) atoms. The van der Waals surface area contributed by atoms with Crippen LogP contribution in [0.3, 0.4) is 0 Å². The van der Waals surface area contributed by atoms with Gasteiger partial charge in [-0.15, -0.1) is 0 Å². The molecule has 0 unspecified atom stereocenters. The van der Waals surface area contributed by atoms with Crippen LogP contribution in [0.25, 0.3) is 0 Å². The summed E-state index contributed by atoms with van der Waals surface area (Å²) in [6.45, 7) is 3.70. The minimum absolute atomic E-state index is 0.0589. The highest BCUT2D eigenvalue weighted by Crippen LogP contribution is 2.18. The molecule has 1 heterocycles. The third-order valence-electron chi connectivity index (χ3n) is 3.32. The predicted molar refractivity (Wildman–Crippen MR) is 78.2 cm³/mol. The molecule has 2 rings (SSSR count). The number of hydrogen-bond donors (Lipinski definition) is 1. The van der Waals surface area contributed by atoms with E-state index in [0.717, 1.165) is 5.56 Å². The van der Waals surface area contributed by atoms with Crippen LogP contribution in [0.5, 0.6) is 0 Å². The monoisotopic (exact) mass is 312 g/mol. The number of ether oxygens (including phenoxy) is 1. The molecule has 1 N–H and O–H groups in total. The predicted octanol–water partition coefficient (Wildman–Crippen LogP) is 0.734. The van der Waals surface area contributed by atoms with Gasteiger partial charge in [-0.2, -0.15) is 4.31 Å². The second-order valence-corrected chi connectivity index (χ2v) is 6.73. The molecule has 7 heteroatoms. The largest absolute Gasteiger partial charge is 0.379 e. The zero-order valence-corrected chi connectivity index (χ0v) is 12.9. The maximum atomic E-state index is 12.5. The van der Waals surface area contributed by atoms with Gasteiger partial charge in [-0.3, -0.25) is 4.79 Å². The third-order valence-corrected chi connectivity index (χ3v) is 5.21. The second-order valence-electron chi connectivity index (χ2n) is 4.79. The van der Waals surface area contributed by atoms with Gasteiger partial charge in [0.15, 0.2) is 0 Å². The highest BCUT2D eigenvalue weighted by atomic mass is 32.2. The van der Waals surface area contributed by atoms with E-state index < -0.39 is 10.0 Å². The Morgan fingerprint density at radius 2 is 2.05 bits per heavy atom. The van der Waals surface area contributed by atoms with Gasteiger partial charge in [0.1, 0.15) is 0 Å². The molecule has 0 radical (unpaired) electrons. The molecule has 0 bridgehead atoms. The van der Waals surface area contributed by atoms with Crippen molar-refractivity contribution in [2.75, 3.05) is 26.3 Å². The first-order valence-corrected chi connectivity index (χ1v) is 8.41. The first-order valence-electron chi connectivity index (χ1n) is 6.97. The van der Waals surface area contributed by atoms with Crippen LogP contribution in [-0.2, 0) is 26.1 Å². The van der Waals surface area contributed by atoms with Gasteiger partial charge in [0.25, 0.3) is 0 Å². The van der Waals surface area contributed by atoms with E-state index in [1.54, 1.807) is 31.2 Å². The standard InChI is InChI=1S/C14H20N2O4S/c1-2-14(17)15-11-12-4-3-5-13(10-12)21(18,19)16-6-8-20-9-7-16/h3-5,10H,2,6-9,11H2,1H3,(H,15,17). The van der Waals surface area contributed by atoms with Gasteiger partial charge >= 0.3 is 0 Å². The van der Waals surface area contributed by atoms with Crippen molar-refractivity contribution in [3.63, 3.8) is 0 Å². The van der Waals surface area contributed by atoms with E-state index in [1.807, 2.05) is 0 Å². The fraction of sp³-hybridized carbons (Fsp3) is 0.500. The number of benzene rings is 1. The maximum absolute atomic E-state index is 12.5. The van der Waals surface area contributed by atoms with Crippen LogP contribution in [0.1, 0.15) is 18.9 Å². The summed E-state index contributed by atoms with van der Waals surface area (Å²) in [6.07, 6.45) is 0.408.